The minimum atomic E-state index is 0.627. The maximum absolute atomic E-state index is 5.70. The highest BCUT2D eigenvalue weighted by molar-refractivity contribution is 9.10. The minimum Gasteiger partial charge on any atom is -0.326 e. The van der Waals surface area contributed by atoms with Gasteiger partial charge in [0.1, 0.15) is 0 Å². The summed E-state index contributed by atoms with van der Waals surface area (Å²) in [6.07, 6.45) is 0. The molecule has 2 aromatic rings. The molecule has 3 heteroatoms. The third-order valence-electron chi connectivity index (χ3n) is 2.18. The van der Waals surface area contributed by atoms with Crippen LogP contribution in [-0.4, -0.2) is 0 Å². The van der Waals surface area contributed by atoms with Gasteiger partial charge in [-0.2, -0.15) is 0 Å². The molecular formula is C10H10BrNS. The van der Waals surface area contributed by atoms with Crippen LogP contribution in [0.4, 0.5) is 0 Å². The maximum atomic E-state index is 5.70. The zero-order valence-electron chi connectivity index (χ0n) is 7.30. The number of nitrogens with two attached hydrogens (primary N) is 1. The zero-order chi connectivity index (χ0) is 9.42. The molecule has 13 heavy (non-hydrogen) atoms. The molecule has 1 heterocycles. The van der Waals surface area contributed by atoms with E-state index in [-0.39, 0.29) is 0 Å². The summed E-state index contributed by atoms with van der Waals surface area (Å²) in [6, 6.07) is 6.25. The van der Waals surface area contributed by atoms with E-state index in [2.05, 4.69) is 41.1 Å². The SMILES string of the molecule is Cc1sc2c(Br)cccc2c1CN. The molecule has 0 saturated carbocycles. The molecule has 0 spiro atoms. The molecule has 68 valence electrons. The fourth-order valence-electron chi connectivity index (χ4n) is 1.51. The van der Waals surface area contributed by atoms with E-state index in [9.17, 15) is 0 Å². The molecule has 0 aliphatic heterocycles. The molecule has 0 atom stereocenters. The van der Waals surface area contributed by atoms with Gasteiger partial charge in [0.25, 0.3) is 0 Å². The van der Waals surface area contributed by atoms with Gasteiger partial charge in [0.15, 0.2) is 0 Å². The van der Waals surface area contributed by atoms with E-state index in [1.165, 1.54) is 20.5 Å². The Hall–Kier alpha value is -0.380. The van der Waals surface area contributed by atoms with Gasteiger partial charge in [-0.15, -0.1) is 11.3 Å². The lowest BCUT2D eigenvalue weighted by Crippen LogP contribution is -1.96. The van der Waals surface area contributed by atoms with Gasteiger partial charge in [-0.1, -0.05) is 12.1 Å². The number of thiophene rings is 1. The summed E-state index contributed by atoms with van der Waals surface area (Å²) in [5, 5.41) is 1.29. The van der Waals surface area contributed by atoms with E-state index < -0.39 is 0 Å². The lowest BCUT2D eigenvalue weighted by Gasteiger charge is -1.96. The average molecular weight is 256 g/mol. The highest BCUT2D eigenvalue weighted by Crippen LogP contribution is 2.35. The smallest absolute Gasteiger partial charge is 0.0491 e. The van der Waals surface area contributed by atoms with Crippen LogP contribution in [0.15, 0.2) is 22.7 Å². The van der Waals surface area contributed by atoms with Crippen LogP contribution in [0.5, 0.6) is 0 Å². The number of rotatable bonds is 1. The topological polar surface area (TPSA) is 26.0 Å². The van der Waals surface area contributed by atoms with Crippen molar-refractivity contribution in [3.05, 3.63) is 33.1 Å². The molecule has 2 rings (SSSR count). The van der Waals surface area contributed by atoms with E-state index in [0.717, 1.165) is 4.47 Å². The Morgan fingerprint density at radius 2 is 2.23 bits per heavy atom. The van der Waals surface area contributed by atoms with Crippen molar-refractivity contribution in [2.24, 2.45) is 5.73 Å². The lowest BCUT2D eigenvalue weighted by atomic mass is 10.1. The van der Waals surface area contributed by atoms with E-state index in [0.29, 0.717) is 6.54 Å². The second-order valence-electron chi connectivity index (χ2n) is 2.96. The third kappa shape index (κ3) is 1.41. The predicted octanol–water partition coefficient (Wildman–Crippen LogP) is 3.43. The minimum absolute atomic E-state index is 0.627. The summed E-state index contributed by atoms with van der Waals surface area (Å²) < 4.78 is 2.47. The van der Waals surface area contributed by atoms with Crippen molar-refractivity contribution >= 4 is 37.4 Å². The first kappa shape index (κ1) is 9.19. The van der Waals surface area contributed by atoms with Crippen molar-refractivity contribution in [2.45, 2.75) is 13.5 Å². The van der Waals surface area contributed by atoms with Crippen LogP contribution in [0.3, 0.4) is 0 Å². The molecule has 1 aromatic heterocycles. The third-order valence-corrected chi connectivity index (χ3v) is 4.30. The van der Waals surface area contributed by atoms with Crippen molar-refractivity contribution in [2.75, 3.05) is 0 Å². The predicted molar refractivity (Wildman–Crippen MR) is 62.2 cm³/mol. The Morgan fingerprint density at radius 1 is 1.46 bits per heavy atom. The fourth-order valence-corrected chi connectivity index (χ4v) is 3.21. The second kappa shape index (κ2) is 3.40. The van der Waals surface area contributed by atoms with Crippen molar-refractivity contribution in [1.29, 1.82) is 0 Å². The first-order chi connectivity index (χ1) is 6.24. The highest BCUT2D eigenvalue weighted by atomic mass is 79.9. The summed E-state index contributed by atoms with van der Waals surface area (Å²) in [6.45, 7) is 2.75. The first-order valence-corrected chi connectivity index (χ1v) is 5.71. The maximum Gasteiger partial charge on any atom is 0.0491 e. The molecule has 2 N–H and O–H groups in total. The molecule has 0 radical (unpaired) electrons. The number of halogens is 1. The van der Waals surface area contributed by atoms with Crippen molar-refractivity contribution in [1.82, 2.24) is 0 Å². The molecule has 0 aliphatic rings. The van der Waals surface area contributed by atoms with Crippen LogP contribution in [0.25, 0.3) is 10.1 Å². The molecule has 0 unspecified atom stereocenters. The summed E-state index contributed by atoms with van der Waals surface area (Å²) in [5.41, 5.74) is 6.98. The van der Waals surface area contributed by atoms with Gasteiger partial charge in [0, 0.05) is 20.6 Å². The van der Waals surface area contributed by atoms with Crippen LogP contribution >= 0.6 is 27.3 Å². The van der Waals surface area contributed by atoms with Gasteiger partial charge in [-0.3, -0.25) is 0 Å². The van der Waals surface area contributed by atoms with Crippen molar-refractivity contribution in [3.63, 3.8) is 0 Å². The van der Waals surface area contributed by atoms with Crippen molar-refractivity contribution < 1.29 is 0 Å². The van der Waals surface area contributed by atoms with Crippen LogP contribution < -0.4 is 5.73 Å². The summed E-state index contributed by atoms with van der Waals surface area (Å²) in [7, 11) is 0. The van der Waals surface area contributed by atoms with Gasteiger partial charge in [-0.25, -0.2) is 0 Å². The Balaban J connectivity index is 2.86. The summed E-state index contributed by atoms with van der Waals surface area (Å²) in [5.74, 6) is 0. The molecule has 0 bridgehead atoms. The van der Waals surface area contributed by atoms with Crippen LogP contribution in [-0.2, 0) is 6.54 Å². The summed E-state index contributed by atoms with van der Waals surface area (Å²) >= 11 is 5.35. The molecule has 0 aliphatic carbocycles. The zero-order valence-corrected chi connectivity index (χ0v) is 9.71. The summed E-state index contributed by atoms with van der Waals surface area (Å²) in [4.78, 5) is 1.32. The molecule has 1 nitrogen and oxygen atoms in total. The molecule has 0 fully saturated rings. The number of fused-ring (bicyclic) bond motifs is 1. The number of benzene rings is 1. The van der Waals surface area contributed by atoms with Gasteiger partial charge < -0.3 is 5.73 Å². The first-order valence-electron chi connectivity index (χ1n) is 4.10. The Labute approximate surface area is 89.7 Å². The Kier molecular flexibility index (Phi) is 2.41. The van der Waals surface area contributed by atoms with Gasteiger partial charge in [0.2, 0.25) is 0 Å². The van der Waals surface area contributed by atoms with Crippen molar-refractivity contribution in [3.8, 4) is 0 Å². The van der Waals surface area contributed by atoms with E-state index in [4.69, 9.17) is 5.73 Å². The van der Waals surface area contributed by atoms with Gasteiger partial charge in [0.05, 0.1) is 0 Å². The normalized spacial score (nSPS) is 11.0. The monoisotopic (exact) mass is 255 g/mol. The molecular weight excluding hydrogens is 246 g/mol. The molecule has 1 aromatic carbocycles. The largest absolute Gasteiger partial charge is 0.326 e. The van der Waals surface area contributed by atoms with Gasteiger partial charge >= 0.3 is 0 Å². The van der Waals surface area contributed by atoms with Crippen LogP contribution in [0, 0.1) is 6.92 Å². The van der Waals surface area contributed by atoms with E-state index >= 15 is 0 Å². The van der Waals surface area contributed by atoms with Crippen LogP contribution in [0.1, 0.15) is 10.4 Å². The quantitative estimate of drug-likeness (QED) is 0.831. The fraction of sp³-hybridized carbons (Fsp3) is 0.200. The number of hydrogen-bond acceptors (Lipinski definition) is 2. The number of hydrogen-bond donors (Lipinski definition) is 1. The number of aryl methyl sites for hydroxylation is 1. The second-order valence-corrected chi connectivity index (χ2v) is 5.04. The van der Waals surface area contributed by atoms with Crippen LogP contribution in [0.2, 0.25) is 0 Å². The molecule has 0 saturated heterocycles. The standard InChI is InChI=1S/C10H10BrNS/c1-6-8(5-12)7-3-2-4-9(11)10(7)13-6/h2-4H,5,12H2,1H3. The molecule has 0 amide bonds. The van der Waals surface area contributed by atoms with Gasteiger partial charge in [-0.05, 0) is 39.9 Å². The average Bonchev–Trinajstić information content (AvgIpc) is 2.43. The lowest BCUT2D eigenvalue weighted by molar-refractivity contribution is 1.08. The highest BCUT2D eigenvalue weighted by Gasteiger charge is 2.08. The Bertz CT molecular complexity index is 447. The van der Waals surface area contributed by atoms with E-state index in [1.54, 1.807) is 11.3 Å². The van der Waals surface area contributed by atoms with E-state index in [1.807, 2.05) is 0 Å². The Morgan fingerprint density at radius 3 is 2.92 bits per heavy atom.